The highest BCUT2D eigenvalue weighted by atomic mass is 16.5. The average molecular weight is 397 g/mol. The lowest BCUT2D eigenvalue weighted by atomic mass is 10.0. The van der Waals surface area contributed by atoms with Crippen LogP contribution in [-0.2, 0) is 4.79 Å². The number of pyridine rings is 1. The van der Waals surface area contributed by atoms with Gasteiger partial charge in [0.25, 0.3) is 0 Å². The Labute approximate surface area is 173 Å². The predicted octanol–water partition coefficient (Wildman–Crippen LogP) is 3.85. The summed E-state index contributed by atoms with van der Waals surface area (Å²) in [6, 6.07) is 4.09. The maximum Gasteiger partial charge on any atom is 0.220 e. The monoisotopic (exact) mass is 396 g/mol. The first-order chi connectivity index (χ1) is 13.7. The third-order valence-electron chi connectivity index (χ3n) is 4.98. The van der Waals surface area contributed by atoms with Gasteiger partial charge in [0.05, 0.1) is 5.69 Å². The van der Waals surface area contributed by atoms with E-state index in [1.807, 2.05) is 49.8 Å². The van der Waals surface area contributed by atoms with Crippen LogP contribution in [0.4, 0.5) is 0 Å². The van der Waals surface area contributed by atoms with Gasteiger partial charge in [0.1, 0.15) is 17.4 Å². The average Bonchev–Trinajstić information content (AvgIpc) is 3.22. The van der Waals surface area contributed by atoms with Crippen molar-refractivity contribution in [3.8, 4) is 5.75 Å². The molecule has 0 radical (unpaired) electrons. The summed E-state index contributed by atoms with van der Waals surface area (Å²) in [5.41, 5.74) is 3.89. The van der Waals surface area contributed by atoms with Crippen LogP contribution in [0.25, 0.3) is 11.1 Å². The molecule has 29 heavy (non-hydrogen) atoms. The summed E-state index contributed by atoms with van der Waals surface area (Å²) in [7, 11) is 0. The van der Waals surface area contributed by atoms with Gasteiger partial charge in [-0.05, 0) is 59.2 Å². The van der Waals surface area contributed by atoms with E-state index in [1.165, 1.54) is 0 Å². The zero-order valence-corrected chi connectivity index (χ0v) is 18.2. The molecule has 6 heteroatoms. The Morgan fingerprint density at radius 3 is 2.79 bits per heavy atom. The Morgan fingerprint density at radius 1 is 1.41 bits per heavy atom. The van der Waals surface area contributed by atoms with Gasteiger partial charge < -0.3 is 15.4 Å². The Morgan fingerprint density at radius 2 is 2.17 bits per heavy atom. The maximum atomic E-state index is 11.6. The van der Waals surface area contributed by atoms with E-state index in [9.17, 15) is 4.79 Å². The minimum atomic E-state index is -0.0787. The number of aryl methyl sites for hydroxylation is 1. The van der Waals surface area contributed by atoms with Crippen LogP contribution >= 0.6 is 0 Å². The molecular formula is C23H32N4O2. The zero-order chi connectivity index (χ0) is 21.2. The summed E-state index contributed by atoms with van der Waals surface area (Å²) < 4.78 is 8.24. The number of hydrogen-bond acceptors (Lipinski definition) is 4. The molecule has 1 amide bonds. The highest BCUT2D eigenvalue weighted by Crippen LogP contribution is 2.29. The second-order valence-corrected chi connectivity index (χ2v) is 8.79. The highest BCUT2D eigenvalue weighted by Gasteiger charge is 2.28. The number of amides is 1. The van der Waals surface area contributed by atoms with Crippen molar-refractivity contribution in [2.75, 3.05) is 6.54 Å². The molecule has 2 atom stereocenters. The third kappa shape index (κ3) is 5.19. The molecule has 156 valence electrons. The summed E-state index contributed by atoms with van der Waals surface area (Å²) >= 11 is 0. The van der Waals surface area contributed by atoms with Crippen molar-refractivity contribution in [2.24, 2.45) is 5.92 Å². The second kappa shape index (κ2) is 8.31. The number of nitrogens with one attached hydrogen (secondary N) is 2. The van der Waals surface area contributed by atoms with E-state index in [-0.39, 0.29) is 23.5 Å². The molecule has 2 aromatic heterocycles. The fraction of sp³-hybridized carbons (Fsp3) is 0.478. The largest absolute Gasteiger partial charge is 0.488 e. The molecule has 0 saturated carbocycles. The number of aromatic nitrogens is 2. The molecule has 0 unspecified atom stereocenters. The molecule has 2 aromatic rings. The van der Waals surface area contributed by atoms with Gasteiger partial charge in [-0.25, -0.2) is 4.52 Å². The first-order valence-electron chi connectivity index (χ1n) is 10.2. The van der Waals surface area contributed by atoms with E-state index < -0.39 is 0 Å². The summed E-state index contributed by atoms with van der Waals surface area (Å²) in [5, 5.41) is 10.9. The van der Waals surface area contributed by atoms with Crippen molar-refractivity contribution >= 4 is 17.0 Å². The number of hydrogen-bond donors (Lipinski definition) is 2. The molecule has 3 rings (SSSR count). The van der Waals surface area contributed by atoms with Gasteiger partial charge in [-0.2, -0.15) is 5.10 Å². The van der Waals surface area contributed by atoms with E-state index in [0.717, 1.165) is 28.1 Å². The third-order valence-corrected chi connectivity index (χ3v) is 4.98. The van der Waals surface area contributed by atoms with E-state index >= 15 is 0 Å². The lowest BCUT2D eigenvalue weighted by Gasteiger charge is -2.22. The molecule has 1 aliphatic rings. The van der Waals surface area contributed by atoms with Gasteiger partial charge >= 0.3 is 0 Å². The van der Waals surface area contributed by atoms with Crippen LogP contribution in [-0.4, -0.2) is 33.7 Å². The number of rotatable bonds is 6. The van der Waals surface area contributed by atoms with Crippen molar-refractivity contribution in [1.29, 1.82) is 0 Å². The van der Waals surface area contributed by atoms with Gasteiger partial charge in [0.2, 0.25) is 5.91 Å². The Bertz CT molecular complexity index is 950. The number of carbonyl (C=O) groups excluding carboxylic acids is 1. The SMILES string of the molecule is C/C=C\C(=C/NC(C)(C)C)c1cc(O[C@H](C)[C@H]2CNC(=O)C2)c2cc(C)nn2c1. The van der Waals surface area contributed by atoms with E-state index in [1.54, 1.807) is 0 Å². The number of carbonyl (C=O) groups is 1. The fourth-order valence-electron chi connectivity index (χ4n) is 3.39. The highest BCUT2D eigenvalue weighted by molar-refractivity contribution is 5.78. The molecule has 0 spiro atoms. The van der Waals surface area contributed by atoms with Crippen molar-refractivity contribution in [1.82, 2.24) is 20.2 Å². The van der Waals surface area contributed by atoms with Gasteiger partial charge in [0, 0.05) is 42.4 Å². The van der Waals surface area contributed by atoms with E-state index in [4.69, 9.17) is 4.74 Å². The normalized spacial score (nSPS) is 19.0. The van der Waals surface area contributed by atoms with Crippen molar-refractivity contribution in [3.05, 3.63) is 47.9 Å². The van der Waals surface area contributed by atoms with Crippen molar-refractivity contribution in [3.63, 3.8) is 0 Å². The molecular weight excluding hydrogens is 364 g/mol. The Hall–Kier alpha value is -2.76. The molecule has 1 fully saturated rings. The molecule has 1 saturated heterocycles. The van der Waals surface area contributed by atoms with Crippen LogP contribution in [0.1, 0.15) is 52.3 Å². The number of nitrogens with zero attached hydrogens (tertiary/aromatic N) is 2. The van der Waals surface area contributed by atoms with Crippen LogP contribution in [0.5, 0.6) is 5.75 Å². The van der Waals surface area contributed by atoms with E-state index in [2.05, 4.69) is 48.6 Å². The molecule has 3 heterocycles. The summed E-state index contributed by atoms with van der Waals surface area (Å²) in [6.07, 6.45) is 8.58. The molecule has 6 nitrogen and oxygen atoms in total. The van der Waals surface area contributed by atoms with Crippen molar-refractivity contribution < 1.29 is 9.53 Å². The zero-order valence-electron chi connectivity index (χ0n) is 18.2. The predicted molar refractivity (Wildman–Crippen MR) is 117 cm³/mol. The standard InChI is InChI=1S/C23H32N4O2/c1-7-8-17(13-25-23(4,5)6)19-10-21(20-9-15(2)26-27(20)14-19)29-16(3)18-11-22(28)24-12-18/h7-10,13-14,16,18,25H,11-12H2,1-6H3,(H,24,28)/b8-7-,17-13+/t16-,18-/m1/s1. The molecule has 0 bridgehead atoms. The Kier molecular flexibility index (Phi) is 6.01. The fourth-order valence-corrected chi connectivity index (χ4v) is 3.39. The maximum absolute atomic E-state index is 11.6. The quantitative estimate of drug-likeness (QED) is 0.728. The second-order valence-electron chi connectivity index (χ2n) is 8.79. The lowest BCUT2D eigenvalue weighted by molar-refractivity contribution is -0.119. The molecule has 1 aliphatic heterocycles. The molecule has 0 aliphatic carbocycles. The van der Waals surface area contributed by atoms with Gasteiger partial charge in [0.15, 0.2) is 0 Å². The van der Waals surface area contributed by atoms with Crippen LogP contribution in [0, 0.1) is 12.8 Å². The minimum Gasteiger partial charge on any atom is -0.488 e. The number of fused-ring (bicyclic) bond motifs is 1. The molecule has 0 aromatic carbocycles. The van der Waals surface area contributed by atoms with Crippen LogP contribution < -0.4 is 15.4 Å². The summed E-state index contributed by atoms with van der Waals surface area (Å²) in [5.74, 6) is 1.04. The summed E-state index contributed by atoms with van der Waals surface area (Å²) in [4.78, 5) is 11.6. The van der Waals surface area contributed by atoms with E-state index in [0.29, 0.717) is 13.0 Å². The number of allylic oxidation sites excluding steroid dienone is 3. The minimum absolute atomic E-state index is 0.0327. The van der Waals surface area contributed by atoms with Gasteiger partial charge in [-0.3, -0.25) is 4.79 Å². The van der Waals surface area contributed by atoms with Gasteiger partial charge in [-0.1, -0.05) is 12.2 Å². The topological polar surface area (TPSA) is 67.7 Å². The first kappa shape index (κ1) is 21.0. The summed E-state index contributed by atoms with van der Waals surface area (Å²) in [6.45, 7) is 13.1. The lowest BCUT2D eigenvalue weighted by Crippen LogP contribution is -2.31. The van der Waals surface area contributed by atoms with Crippen LogP contribution in [0.3, 0.4) is 0 Å². The van der Waals surface area contributed by atoms with Crippen molar-refractivity contribution in [2.45, 2.75) is 59.6 Å². The van der Waals surface area contributed by atoms with Crippen LogP contribution in [0.15, 0.2) is 36.7 Å². The Balaban J connectivity index is 1.99. The smallest absolute Gasteiger partial charge is 0.220 e. The molecule has 2 N–H and O–H groups in total. The first-order valence-corrected chi connectivity index (χ1v) is 10.2. The van der Waals surface area contributed by atoms with Crippen LogP contribution in [0.2, 0.25) is 0 Å². The van der Waals surface area contributed by atoms with Gasteiger partial charge in [-0.15, -0.1) is 0 Å². The number of ether oxygens (including phenoxy) is 1.